The van der Waals surface area contributed by atoms with Crippen LogP contribution in [0.2, 0.25) is 0 Å². The van der Waals surface area contributed by atoms with Gasteiger partial charge in [0.05, 0.1) is 11.6 Å². The predicted octanol–water partition coefficient (Wildman–Crippen LogP) is 2.31. The standard InChI is InChI=1S/C17H18N6O/c1-10-3-4-11(17(24)21-12-5-6-12)7-14(10)22-15-13-8-20-23(2)16(13)19-9-18-15/h3-4,7-9,12H,5-6H2,1-2H3,(H,21,24)(H,18,19,22). The average molecular weight is 322 g/mol. The molecule has 24 heavy (non-hydrogen) atoms. The molecule has 2 aromatic heterocycles. The molecule has 0 unspecified atom stereocenters. The number of anilines is 2. The van der Waals surface area contributed by atoms with E-state index in [1.165, 1.54) is 6.33 Å². The molecule has 1 saturated carbocycles. The molecule has 4 rings (SSSR count). The number of hydrogen-bond donors (Lipinski definition) is 2. The third kappa shape index (κ3) is 2.68. The summed E-state index contributed by atoms with van der Waals surface area (Å²) in [5.41, 5.74) is 3.29. The third-order valence-electron chi connectivity index (χ3n) is 4.19. The molecule has 2 heterocycles. The second-order valence-corrected chi connectivity index (χ2v) is 6.13. The topological polar surface area (TPSA) is 84.7 Å². The molecule has 1 fully saturated rings. The van der Waals surface area contributed by atoms with Crippen LogP contribution in [0.3, 0.4) is 0 Å². The molecule has 7 heteroatoms. The van der Waals surface area contributed by atoms with Crippen molar-refractivity contribution < 1.29 is 4.79 Å². The molecule has 1 aliphatic carbocycles. The van der Waals surface area contributed by atoms with Crippen molar-refractivity contribution in [2.24, 2.45) is 7.05 Å². The summed E-state index contributed by atoms with van der Waals surface area (Å²) < 4.78 is 1.70. The van der Waals surface area contributed by atoms with Gasteiger partial charge in [-0.3, -0.25) is 9.48 Å². The molecule has 1 aliphatic rings. The largest absolute Gasteiger partial charge is 0.349 e. The van der Waals surface area contributed by atoms with Crippen molar-refractivity contribution in [3.05, 3.63) is 41.9 Å². The number of carbonyl (C=O) groups excluding carboxylic acids is 1. The van der Waals surface area contributed by atoms with Crippen LogP contribution in [0.15, 0.2) is 30.7 Å². The lowest BCUT2D eigenvalue weighted by atomic mass is 10.1. The van der Waals surface area contributed by atoms with Crippen LogP contribution in [0.1, 0.15) is 28.8 Å². The monoisotopic (exact) mass is 322 g/mol. The summed E-state index contributed by atoms with van der Waals surface area (Å²) in [6.45, 7) is 1.99. The van der Waals surface area contributed by atoms with Crippen molar-refractivity contribution in [3.8, 4) is 0 Å². The van der Waals surface area contributed by atoms with Crippen LogP contribution >= 0.6 is 0 Å². The highest BCUT2D eigenvalue weighted by Crippen LogP contribution is 2.26. The number of fused-ring (bicyclic) bond motifs is 1. The van der Waals surface area contributed by atoms with Crippen LogP contribution in [-0.4, -0.2) is 31.7 Å². The third-order valence-corrected chi connectivity index (χ3v) is 4.19. The molecule has 122 valence electrons. The fourth-order valence-corrected chi connectivity index (χ4v) is 2.58. The molecule has 0 aliphatic heterocycles. The Bertz CT molecular complexity index is 928. The van der Waals surface area contributed by atoms with Crippen LogP contribution < -0.4 is 10.6 Å². The first kappa shape index (κ1) is 14.6. The van der Waals surface area contributed by atoms with Crippen molar-refractivity contribution in [2.75, 3.05) is 5.32 Å². The normalized spacial score (nSPS) is 13.9. The molecule has 3 aromatic rings. The molecule has 2 N–H and O–H groups in total. The zero-order valence-corrected chi connectivity index (χ0v) is 13.6. The summed E-state index contributed by atoms with van der Waals surface area (Å²) in [5.74, 6) is 0.644. The number of carbonyl (C=O) groups is 1. The van der Waals surface area contributed by atoms with Gasteiger partial charge in [0.1, 0.15) is 12.1 Å². The van der Waals surface area contributed by atoms with Crippen molar-refractivity contribution in [3.63, 3.8) is 0 Å². The zero-order chi connectivity index (χ0) is 16.7. The SMILES string of the molecule is Cc1ccc(C(=O)NC2CC2)cc1Nc1ncnc2c1cnn2C. The highest BCUT2D eigenvalue weighted by atomic mass is 16.1. The Morgan fingerprint density at radius 2 is 2.12 bits per heavy atom. The zero-order valence-electron chi connectivity index (χ0n) is 13.6. The first-order valence-electron chi connectivity index (χ1n) is 7.93. The Morgan fingerprint density at radius 1 is 1.29 bits per heavy atom. The fourth-order valence-electron chi connectivity index (χ4n) is 2.58. The van der Waals surface area contributed by atoms with E-state index in [4.69, 9.17) is 0 Å². The minimum Gasteiger partial charge on any atom is -0.349 e. The fraction of sp³-hybridized carbons (Fsp3) is 0.294. The number of aryl methyl sites for hydroxylation is 2. The first-order valence-corrected chi connectivity index (χ1v) is 7.93. The number of nitrogens with one attached hydrogen (secondary N) is 2. The van der Waals surface area contributed by atoms with Crippen LogP contribution in [-0.2, 0) is 7.05 Å². The van der Waals surface area contributed by atoms with E-state index in [1.807, 2.05) is 32.2 Å². The van der Waals surface area contributed by atoms with Gasteiger partial charge in [0, 0.05) is 24.3 Å². The Labute approximate surface area is 139 Å². The smallest absolute Gasteiger partial charge is 0.251 e. The van der Waals surface area contributed by atoms with E-state index in [9.17, 15) is 4.79 Å². The van der Waals surface area contributed by atoms with Crippen LogP contribution in [0, 0.1) is 6.92 Å². The van der Waals surface area contributed by atoms with E-state index >= 15 is 0 Å². The van der Waals surface area contributed by atoms with Gasteiger partial charge in [0.25, 0.3) is 5.91 Å². The van der Waals surface area contributed by atoms with E-state index in [1.54, 1.807) is 10.9 Å². The Kier molecular flexibility index (Phi) is 3.41. The maximum absolute atomic E-state index is 12.2. The van der Waals surface area contributed by atoms with E-state index in [-0.39, 0.29) is 5.91 Å². The summed E-state index contributed by atoms with van der Waals surface area (Å²) >= 11 is 0. The number of amides is 1. The second-order valence-electron chi connectivity index (χ2n) is 6.13. The van der Waals surface area contributed by atoms with Gasteiger partial charge in [-0.2, -0.15) is 5.10 Å². The van der Waals surface area contributed by atoms with Gasteiger partial charge < -0.3 is 10.6 Å². The van der Waals surface area contributed by atoms with Crippen molar-refractivity contribution in [1.82, 2.24) is 25.1 Å². The molecule has 0 saturated heterocycles. The summed E-state index contributed by atoms with van der Waals surface area (Å²) in [5, 5.41) is 11.4. The molecule has 0 radical (unpaired) electrons. The molecule has 7 nitrogen and oxygen atoms in total. The Balaban J connectivity index is 1.66. The summed E-state index contributed by atoms with van der Waals surface area (Å²) in [7, 11) is 1.84. The highest BCUT2D eigenvalue weighted by Gasteiger charge is 2.24. The highest BCUT2D eigenvalue weighted by molar-refractivity contribution is 5.96. The van der Waals surface area contributed by atoms with E-state index < -0.39 is 0 Å². The maximum Gasteiger partial charge on any atom is 0.251 e. The molecule has 0 atom stereocenters. The lowest BCUT2D eigenvalue weighted by Crippen LogP contribution is -2.25. The molecule has 0 spiro atoms. The molecule has 0 bridgehead atoms. The maximum atomic E-state index is 12.2. The molecule has 1 amide bonds. The summed E-state index contributed by atoms with van der Waals surface area (Å²) in [6.07, 6.45) is 5.38. The Hall–Kier alpha value is -2.96. The van der Waals surface area contributed by atoms with Gasteiger partial charge in [0.15, 0.2) is 5.65 Å². The molecular formula is C17H18N6O. The van der Waals surface area contributed by atoms with Crippen LogP contribution in [0.4, 0.5) is 11.5 Å². The number of benzene rings is 1. The Morgan fingerprint density at radius 3 is 2.92 bits per heavy atom. The van der Waals surface area contributed by atoms with Crippen molar-refractivity contribution >= 4 is 28.4 Å². The average Bonchev–Trinajstić information content (AvgIpc) is 3.31. The number of nitrogens with zero attached hydrogens (tertiary/aromatic N) is 4. The minimum atomic E-state index is -0.0326. The van der Waals surface area contributed by atoms with Gasteiger partial charge in [-0.25, -0.2) is 9.97 Å². The van der Waals surface area contributed by atoms with Gasteiger partial charge in [-0.1, -0.05) is 6.07 Å². The predicted molar refractivity (Wildman–Crippen MR) is 91.3 cm³/mol. The summed E-state index contributed by atoms with van der Waals surface area (Å²) in [4.78, 5) is 20.8. The summed E-state index contributed by atoms with van der Waals surface area (Å²) in [6, 6.07) is 5.98. The van der Waals surface area contributed by atoms with E-state index in [0.29, 0.717) is 17.4 Å². The number of hydrogen-bond acceptors (Lipinski definition) is 5. The van der Waals surface area contributed by atoms with Crippen LogP contribution in [0.25, 0.3) is 11.0 Å². The molecule has 1 aromatic carbocycles. The first-order chi connectivity index (χ1) is 11.6. The molecular weight excluding hydrogens is 304 g/mol. The van der Waals surface area contributed by atoms with Gasteiger partial charge in [-0.15, -0.1) is 0 Å². The lowest BCUT2D eigenvalue weighted by Gasteiger charge is -2.11. The van der Waals surface area contributed by atoms with Gasteiger partial charge in [-0.05, 0) is 37.5 Å². The van der Waals surface area contributed by atoms with E-state index in [2.05, 4.69) is 25.7 Å². The number of aromatic nitrogens is 4. The van der Waals surface area contributed by atoms with Gasteiger partial charge in [0.2, 0.25) is 0 Å². The second kappa shape index (κ2) is 5.59. The quantitative estimate of drug-likeness (QED) is 0.770. The van der Waals surface area contributed by atoms with E-state index in [0.717, 1.165) is 35.1 Å². The van der Waals surface area contributed by atoms with Crippen LogP contribution in [0.5, 0.6) is 0 Å². The van der Waals surface area contributed by atoms with Crippen molar-refractivity contribution in [2.45, 2.75) is 25.8 Å². The van der Waals surface area contributed by atoms with Crippen molar-refractivity contribution in [1.29, 1.82) is 0 Å². The number of rotatable bonds is 4. The lowest BCUT2D eigenvalue weighted by molar-refractivity contribution is 0.0951. The minimum absolute atomic E-state index is 0.0326. The van der Waals surface area contributed by atoms with Gasteiger partial charge >= 0.3 is 0 Å².